The first-order valence-electron chi connectivity index (χ1n) is 24.9. The minimum atomic E-state index is 0.679. The van der Waals surface area contributed by atoms with Gasteiger partial charge in [-0.2, -0.15) is 5.10 Å². The lowest BCUT2D eigenvalue weighted by Crippen LogP contribution is -2.31. The molecule has 0 spiro atoms. The van der Waals surface area contributed by atoms with E-state index in [0.717, 1.165) is 79.4 Å². The molecule has 0 unspecified atom stereocenters. The fourth-order valence-corrected chi connectivity index (χ4v) is 7.30. The molecule has 8 aliphatic rings. The number of allylic oxidation sites excluding steroid dienone is 7. The molecular formula is C65H61N15. The fourth-order valence-electron chi connectivity index (χ4n) is 7.30. The highest BCUT2D eigenvalue weighted by atomic mass is 15.4. The van der Waals surface area contributed by atoms with Gasteiger partial charge >= 0.3 is 0 Å². The molecule has 6 aromatic rings. The molecule has 8 aliphatic heterocycles. The van der Waals surface area contributed by atoms with Crippen LogP contribution in [0.3, 0.4) is 0 Å². The van der Waals surface area contributed by atoms with Gasteiger partial charge in [0.25, 0.3) is 0 Å². The van der Waals surface area contributed by atoms with Crippen LogP contribution in [0.2, 0.25) is 0 Å². The van der Waals surface area contributed by atoms with Gasteiger partial charge in [0.1, 0.15) is 12.2 Å². The van der Waals surface area contributed by atoms with Gasteiger partial charge in [-0.05, 0) is 107 Å². The quantitative estimate of drug-likeness (QED) is 0.0724. The number of hydrogen-bond acceptors (Lipinski definition) is 15. The first kappa shape index (κ1) is 56.3. The number of hydrazone groups is 1. The van der Waals surface area contributed by atoms with Crippen LogP contribution in [0, 0.1) is 0 Å². The van der Waals surface area contributed by atoms with Crippen molar-refractivity contribution in [2.24, 2.45) is 20.4 Å². The van der Waals surface area contributed by atoms with Gasteiger partial charge in [0.2, 0.25) is 0 Å². The number of nitrogens with one attached hydrogen (secondary N) is 8. The van der Waals surface area contributed by atoms with Crippen LogP contribution in [0.15, 0.2) is 284 Å². The molecule has 14 rings (SSSR count). The van der Waals surface area contributed by atoms with Crippen molar-refractivity contribution in [2.45, 2.75) is 0 Å². The van der Waals surface area contributed by atoms with Crippen LogP contribution < -0.4 is 53.2 Å². The summed E-state index contributed by atoms with van der Waals surface area (Å²) >= 11 is 0. The molecule has 80 heavy (non-hydrogen) atoms. The Bertz CT molecular complexity index is 3450. The number of anilines is 4. The molecule has 0 atom stereocenters. The summed E-state index contributed by atoms with van der Waals surface area (Å²) in [5.41, 5.74) is 22.4. The number of nitrogens with zero attached hydrogens (tertiary/aromatic N) is 7. The molecule has 11 heterocycles. The average Bonchev–Trinajstić information content (AvgIpc) is 3.49. The molecule has 0 aliphatic carbocycles. The lowest BCUT2D eigenvalue weighted by Gasteiger charge is -2.13. The first-order chi connectivity index (χ1) is 39.0. The SMILES string of the molecule is C=C1C=CN=NN1.C=C1C=Cc2ccccc2N1.C=C1C=Cc2cccnc2N1.C=C1C=Cc2ccncc2N1.C=C1C=Cc2cnccc2N1.C=C1C=NNC=N1.C=C1C=c2ccccc2=CN1.C=C1NC=Cc2ccccc21. The van der Waals surface area contributed by atoms with Crippen LogP contribution in [0.25, 0.3) is 48.4 Å². The Morgan fingerprint density at radius 1 is 0.438 bits per heavy atom. The molecule has 0 radical (unpaired) electrons. The Labute approximate surface area is 467 Å². The number of fused-ring (bicyclic) bond motifs is 6. The van der Waals surface area contributed by atoms with Crippen molar-refractivity contribution >= 4 is 83.8 Å². The van der Waals surface area contributed by atoms with E-state index in [9.17, 15) is 0 Å². The second kappa shape index (κ2) is 29.6. The molecule has 396 valence electrons. The minimum Gasteiger partial charge on any atom is -0.362 e. The zero-order chi connectivity index (χ0) is 56.3. The molecular weight excluding hydrogens is 991 g/mol. The van der Waals surface area contributed by atoms with Crippen LogP contribution in [0.1, 0.15) is 33.4 Å². The van der Waals surface area contributed by atoms with E-state index in [-0.39, 0.29) is 0 Å². The van der Waals surface area contributed by atoms with Gasteiger partial charge in [-0.1, -0.05) is 137 Å². The lowest BCUT2D eigenvalue weighted by atomic mass is 10.0. The summed E-state index contributed by atoms with van der Waals surface area (Å²) in [4.78, 5) is 15.9. The van der Waals surface area contributed by atoms with Gasteiger partial charge in [-0.3, -0.25) is 20.8 Å². The van der Waals surface area contributed by atoms with E-state index < -0.39 is 0 Å². The van der Waals surface area contributed by atoms with Gasteiger partial charge in [-0.15, -0.1) is 5.11 Å². The number of para-hydroxylation sites is 1. The van der Waals surface area contributed by atoms with E-state index in [1.807, 2.05) is 140 Å². The number of rotatable bonds is 0. The molecule has 15 heteroatoms. The minimum absolute atomic E-state index is 0.679. The van der Waals surface area contributed by atoms with Crippen LogP contribution in [-0.4, -0.2) is 27.5 Å². The van der Waals surface area contributed by atoms with E-state index in [1.165, 1.54) is 33.5 Å². The zero-order valence-electron chi connectivity index (χ0n) is 44.1. The standard InChI is InChI=1S/3C10H9N.3C9H8N2.2C4H5N3/c1-8-6-9-4-2-3-5-10(9)7-11-8;1-8-10-5-3-2-4-9(10)6-7-11-8;1-8-6-7-9-4-2-3-5-10(9)11-8;1-7-2-3-8-6-10-5-4-9(8)11-7;1-7-2-3-8-4-5-10-6-9(8)11-7;1-7-4-5-8-3-2-6-10-9(8)11-7;1-4-2-6-7-3-5-4;1-4-2-3-5-7-6-4/h3*2-7,11H,1H2;2*2-6,11H,1H2;2-6H,1H2,(H,10,11);2-3H,1H2,(H,5,7);2-3H,1H2,(H,5,6). The van der Waals surface area contributed by atoms with Gasteiger partial charge in [-0.25, -0.2) is 9.98 Å². The first-order valence-corrected chi connectivity index (χ1v) is 24.9. The third kappa shape index (κ3) is 18.1. The van der Waals surface area contributed by atoms with E-state index in [0.29, 0.717) is 5.70 Å². The van der Waals surface area contributed by atoms with Gasteiger partial charge in [0.05, 0.1) is 35.7 Å². The number of hydrogen-bond donors (Lipinski definition) is 8. The molecule has 3 aromatic heterocycles. The smallest absolute Gasteiger partial charge is 0.137 e. The second-order valence-electron chi connectivity index (χ2n) is 17.3. The predicted molar refractivity (Wildman–Crippen MR) is 336 cm³/mol. The number of aromatic nitrogens is 3. The van der Waals surface area contributed by atoms with E-state index in [1.54, 1.807) is 43.3 Å². The molecule has 3 aromatic carbocycles. The predicted octanol–water partition coefficient (Wildman–Crippen LogP) is 12.4. The molecule has 0 fully saturated rings. The normalized spacial score (nSPS) is 14.5. The maximum absolute atomic E-state index is 4.15. The highest BCUT2D eigenvalue weighted by Gasteiger charge is 2.07. The van der Waals surface area contributed by atoms with Crippen molar-refractivity contribution in [3.05, 3.63) is 307 Å². The lowest BCUT2D eigenvalue weighted by molar-refractivity contribution is 0.816. The summed E-state index contributed by atoms with van der Waals surface area (Å²) in [6.07, 6.45) is 39.1. The Morgan fingerprint density at radius 2 is 1.05 bits per heavy atom. The summed E-state index contributed by atoms with van der Waals surface area (Å²) < 4.78 is 0. The maximum Gasteiger partial charge on any atom is 0.137 e. The van der Waals surface area contributed by atoms with Crippen molar-refractivity contribution in [2.75, 3.05) is 21.3 Å². The molecule has 0 saturated heterocycles. The van der Waals surface area contributed by atoms with E-state index in [2.05, 4.69) is 167 Å². The Kier molecular flexibility index (Phi) is 20.8. The van der Waals surface area contributed by atoms with Crippen molar-refractivity contribution in [3.8, 4) is 0 Å². The molecule has 8 N–H and O–H groups in total. The Balaban J connectivity index is 0.000000133. The van der Waals surface area contributed by atoms with Crippen LogP contribution in [0.5, 0.6) is 0 Å². The van der Waals surface area contributed by atoms with Gasteiger partial charge in [0.15, 0.2) is 0 Å². The van der Waals surface area contributed by atoms with Crippen LogP contribution in [-0.2, 0) is 0 Å². The summed E-state index contributed by atoms with van der Waals surface area (Å²) in [6.45, 7) is 30.0. The molecule has 0 bridgehead atoms. The van der Waals surface area contributed by atoms with Crippen molar-refractivity contribution in [3.63, 3.8) is 0 Å². The highest BCUT2D eigenvalue weighted by molar-refractivity contribution is 5.83. The zero-order valence-corrected chi connectivity index (χ0v) is 44.1. The second-order valence-corrected chi connectivity index (χ2v) is 17.3. The number of benzene rings is 3. The van der Waals surface area contributed by atoms with E-state index in [4.69, 9.17) is 0 Å². The third-order valence-electron chi connectivity index (χ3n) is 11.2. The van der Waals surface area contributed by atoms with Crippen molar-refractivity contribution in [1.29, 1.82) is 0 Å². The monoisotopic (exact) mass is 1050 g/mol. The molecule has 0 amide bonds. The average molecular weight is 1050 g/mol. The maximum atomic E-state index is 4.15. The molecule has 15 nitrogen and oxygen atoms in total. The topological polar surface area (TPSA) is 184 Å². The highest BCUT2D eigenvalue weighted by Crippen LogP contribution is 2.25. The summed E-state index contributed by atoms with van der Waals surface area (Å²) in [5.74, 6) is 0.889. The number of aliphatic imine (C=N–C) groups is 1. The Morgan fingerprint density at radius 3 is 1.73 bits per heavy atom. The Hall–Kier alpha value is -11.5. The van der Waals surface area contributed by atoms with Crippen LogP contribution >= 0.6 is 0 Å². The summed E-state index contributed by atoms with van der Waals surface area (Å²) in [6, 6.07) is 32.4. The van der Waals surface area contributed by atoms with Crippen molar-refractivity contribution in [1.82, 2.24) is 36.4 Å². The summed E-state index contributed by atoms with van der Waals surface area (Å²) in [5, 5.41) is 31.7. The molecule has 0 saturated carbocycles. The van der Waals surface area contributed by atoms with Crippen molar-refractivity contribution < 1.29 is 0 Å². The van der Waals surface area contributed by atoms with E-state index >= 15 is 0 Å². The van der Waals surface area contributed by atoms with Gasteiger partial charge in [0, 0.05) is 105 Å². The largest absolute Gasteiger partial charge is 0.362 e. The fraction of sp³-hybridized carbons (Fsp3) is 0. The third-order valence-corrected chi connectivity index (χ3v) is 11.2. The summed E-state index contributed by atoms with van der Waals surface area (Å²) in [7, 11) is 0. The van der Waals surface area contributed by atoms with Gasteiger partial charge < -0.3 is 31.9 Å². The van der Waals surface area contributed by atoms with Crippen LogP contribution in [0.4, 0.5) is 22.9 Å². The number of pyridine rings is 3.